The first-order chi connectivity index (χ1) is 10.5. The molecule has 0 aliphatic rings. The van der Waals surface area contributed by atoms with E-state index in [1.54, 1.807) is 19.1 Å². The number of carbonyl (C=O) groups excluding carboxylic acids is 1. The van der Waals surface area contributed by atoms with Gasteiger partial charge in [-0.2, -0.15) is 0 Å². The van der Waals surface area contributed by atoms with E-state index in [-0.39, 0.29) is 16.8 Å². The highest BCUT2D eigenvalue weighted by molar-refractivity contribution is 7.99. The molecule has 2 nitrogen and oxygen atoms in total. The Morgan fingerprint density at radius 3 is 2.55 bits per heavy atom. The molecule has 0 aliphatic carbocycles. The zero-order chi connectivity index (χ0) is 16.1. The fraction of sp³-hybridized carbons (Fsp3) is 0.188. The molecule has 0 unspecified atom stereocenters. The molecule has 0 bridgehead atoms. The van der Waals surface area contributed by atoms with E-state index >= 15 is 0 Å². The highest BCUT2D eigenvalue weighted by atomic mass is 35.5. The normalized spacial score (nSPS) is 12.0. The summed E-state index contributed by atoms with van der Waals surface area (Å²) in [6, 6.07) is 10.4. The van der Waals surface area contributed by atoms with Crippen molar-refractivity contribution < 1.29 is 13.6 Å². The van der Waals surface area contributed by atoms with Crippen molar-refractivity contribution in [1.82, 2.24) is 0 Å². The molecule has 0 heterocycles. The molecule has 1 N–H and O–H groups in total. The number of nitrogens with one attached hydrogen (secondary N) is 1. The lowest BCUT2D eigenvalue weighted by Gasteiger charge is -2.12. The molecule has 0 aromatic heterocycles. The Labute approximate surface area is 136 Å². The predicted octanol–water partition coefficient (Wildman–Crippen LogP) is 4.88. The lowest BCUT2D eigenvalue weighted by atomic mass is 10.2. The molecule has 1 atom stereocenters. The average Bonchev–Trinajstić information content (AvgIpc) is 2.49. The largest absolute Gasteiger partial charge is 0.323 e. The van der Waals surface area contributed by atoms with E-state index < -0.39 is 11.6 Å². The van der Waals surface area contributed by atoms with Crippen molar-refractivity contribution in [2.45, 2.75) is 17.9 Å². The highest BCUT2D eigenvalue weighted by Crippen LogP contribution is 2.21. The van der Waals surface area contributed by atoms with Crippen LogP contribution in [0.25, 0.3) is 0 Å². The molecule has 6 heteroatoms. The Balaban J connectivity index is 1.90. The minimum Gasteiger partial charge on any atom is -0.323 e. The van der Waals surface area contributed by atoms with E-state index in [4.69, 9.17) is 11.6 Å². The Hall–Kier alpha value is -1.59. The summed E-state index contributed by atoms with van der Waals surface area (Å²) in [4.78, 5) is 12.0. The van der Waals surface area contributed by atoms with Crippen molar-refractivity contribution in [2.75, 3.05) is 5.32 Å². The molecule has 1 amide bonds. The van der Waals surface area contributed by atoms with Crippen LogP contribution < -0.4 is 5.32 Å². The summed E-state index contributed by atoms with van der Waals surface area (Å²) in [5.41, 5.74) is 1.02. The lowest BCUT2D eigenvalue weighted by Crippen LogP contribution is -2.23. The van der Waals surface area contributed by atoms with Gasteiger partial charge in [0.05, 0.1) is 10.9 Å². The predicted molar refractivity (Wildman–Crippen MR) is 87.2 cm³/mol. The molecule has 0 fully saturated rings. The summed E-state index contributed by atoms with van der Waals surface area (Å²) >= 11 is 7.23. The molecule has 0 aliphatic heterocycles. The van der Waals surface area contributed by atoms with Crippen LogP contribution in [0.3, 0.4) is 0 Å². The van der Waals surface area contributed by atoms with E-state index in [0.717, 1.165) is 17.7 Å². The Morgan fingerprint density at radius 1 is 1.23 bits per heavy atom. The van der Waals surface area contributed by atoms with Crippen molar-refractivity contribution >= 4 is 35.0 Å². The second kappa shape index (κ2) is 7.61. The molecule has 0 spiro atoms. The van der Waals surface area contributed by atoms with Gasteiger partial charge in [0.25, 0.3) is 0 Å². The summed E-state index contributed by atoms with van der Waals surface area (Å²) < 4.78 is 26.3. The first-order valence-electron chi connectivity index (χ1n) is 6.57. The minimum absolute atomic E-state index is 0.0228. The molecule has 0 radical (unpaired) electrons. The molecule has 0 saturated heterocycles. The van der Waals surface area contributed by atoms with Crippen molar-refractivity contribution in [3.05, 3.63) is 64.7 Å². The van der Waals surface area contributed by atoms with Crippen molar-refractivity contribution in [3.8, 4) is 0 Å². The third-order valence-corrected chi connectivity index (χ3v) is 4.44. The maximum absolute atomic E-state index is 13.5. The van der Waals surface area contributed by atoms with Gasteiger partial charge in [-0.05, 0) is 36.8 Å². The van der Waals surface area contributed by atoms with Gasteiger partial charge in [-0.15, -0.1) is 11.8 Å². The summed E-state index contributed by atoms with van der Waals surface area (Å²) in [7, 11) is 0. The first kappa shape index (κ1) is 16.8. The van der Waals surface area contributed by atoms with Crippen LogP contribution >= 0.6 is 23.4 Å². The SMILES string of the molecule is C[C@@H](SCc1ccc(Cl)cc1)C(=O)Nc1ccc(F)cc1F. The van der Waals surface area contributed by atoms with E-state index in [1.165, 1.54) is 17.8 Å². The summed E-state index contributed by atoms with van der Waals surface area (Å²) in [6.07, 6.45) is 0. The number of thioether (sulfide) groups is 1. The second-order valence-corrected chi connectivity index (χ2v) is 6.46. The van der Waals surface area contributed by atoms with E-state index in [2.05, 4.69) is 5.32 Å². The number of benzene rings is 2. The Kier molecular flexibility index (Phi) is 5.80. The Morgan fingerprint density at radius 2 is 1.91 bits per heavy atom. The summed E-state index contributed by atoms with van der Waals surface area (Å²) in [6.45, 7) is 1.73. The van der Waals surface area contributed by atoms with E-state index in [0.29, 0.717) is 10.8 Å². The van der Waals surface area contributed by atoms with E-state index in [1.807, 2.05) is 12.1 Å². The minimum atomic E-state index is -0.789. The van der Waals surface area contributed by atoms with Crippen LogP contribution in [0.1, 0.15) is 12.5 Å². The molecular weight excluding hydrogens is 328 g/mol. The average molecular weight is 342 g/mol. The zero-order valence-corrected chi connectivity index (χ0v) is 13.3. The molecule has 2 rings (SSSR count). The topological polar surface area (TPSA) is 29.1 Å². The highest BCUT2D eigenvalue weighted by Gasteiger charge is 2.15. The van der Waals surface area contributed by atoms with Gasteiger partial charge in [-0.25, -0.2) is 8.78 Å². The maximum atomic E-state index is 13.5. The number of rotatable bonds is 5. The molecule has 2 aromatic carbocycles. The fourth-order valence-electron chi connectivity index (χ4n) is 1.70. The van der Waals surface area contributed by atoms with Crippen LogP contribution in [0.4, 0.5) is 14.5 Å². The maximum Gasteiger partial charge on any atom is 0.237 e. The van der Waals surface area contributed by atoms with Gasteiger partial charge in [0.15, 0.2) is 0 Å². The number of amides is 1. The standard InChI is InChI=1S/C16H14ClF2NOS/c1-10(22-9-11-2-4-12(17)5-3-11)16(21)20-15-7-6-13(18)8-14(15)19/h2-8,10H,9H2,1H3,(H,20,21)/t10-/m1/s1. The van der Waals surface area contributed by atoms with E-state index in [9.17, 15) is 13.6 Å². The number of hydrogen-bond donors (Lipinski definition) is 1. The van der Waals surface area contributed by atoms with Gasteiger partial charge >= 0.3 is 0 Å². The molecular formula is C16H14ClF2NOS. The number of anilines is 1. The monoisotopic (exact) mass is 341 g/mol. The van der Waals surface area contributed by atoms with Crippen LogP contribution in [0.2, 0.25) is 5.02 Å². The quantitative estimate of drug-likeness (QED) is 0.839. The summed E-state index contributed by atoms with van der Waals surface area (Å²) in [5.74, 6) is -1.16. The molecule has 22 heavy (non-hydrogen) atoms. The van der Waals surface area contributed by atoms with Crippen LogP contribution in [0, 0.1) is 11.6 Å². The van der Waals surface area contributed by atoms with Gasteiger partial charge in [-0.3, -0.25) is 4.79 Å². The van der Waals surface area contributed by atoms with Gasteiger partial charge in [0.2, 0.25) is 5.91 Å². The van der Waals surface area contributed by atoms with Gasteiger partial charge in [0.1, 0.15) is 11.6 Å². The third-order valence-electron chi connectivity index (χ3n) is 2.97. The Bertz CT molecular complexity index is 664. The van der Waals surface area contributed by atoms with Gasteiger partial charge in [-0.1, -0.05) is 23.7 Å². The van der Waals surface area contributed by atoms with Crippen molar-refractivity contribution in [1.29, 1.82) is 0 Å². The third kappa shape index (κ3) is 4.71. The smallest absolute Gasteiger partial charge is 0.237 e. The molecule has 116 valence electrons. The van der Waals surface area contributed by atoms with Crippen molar-refractivity contribution in [2.24, 2.45) is 0 Å². The number of halogens is 3. The van der Waals surface area contributed by atoms with Crippen LogP contribution in [-0.4, -0.2) is 11.2 Å². The fourth-order valence-corrected chi connectivity index (χ4v) is 2.67. The number of carbonyl (C=O) groups is 1. The van der Waals surface area contributed by atoms with Crippen LogP contribution in [0.5, 0.6) is 0 Å². The van der Waals surface area contributed by atoms with Crippen molar-refractivity contribution in [3.63, 3.8) is 0 Å². The molecule has 2 aromatic rings. The second-order valence-electron chi connectivity index (χ2n) is 4.69. The first-order valence-corrected chi connectivity index (χ1v) is 8.00. The van der Waals surface area contributed by atoms with Gasteiger partial charge < -0.3 is 5.32 Å². The van der Waals surface area contributed by atoms with Gasteiger partial charge in [0, 0.05) is 16.8 Å². The lowest BCUT2D eigenvalue weighted by molar-refractivity contribution is -0.115. The number of hydrogen-bond acceptors (Lipinski definition) is 2. The zero-order valence-electron chi connectivity index (χ0n) is 11.8. The van der Waals surface area contributed by atoms with Crippen LogP contribution in [-0.2, 0) is 10.5 Å². The summed E-state index contributed by atoms with van der Waals surface area (Å²) in [5, 5.41) is 2.74. The van der Waals surface area contributed by atoms with Crippen LogP contribution in [0.15, 0.2) is 42.5 Å². The molecule has 0 saturated carbocycles.